The van der Waals surface area contributed by atoms with Crippen LogP contribution in [0, 0.1) is 17.8 Å². The number of phenolic OH excluding ortho intramolecular Hbond substituents is 1. The first-order valence-electron chi connectivity index (χ1n) is 13.1. The van der Waals surface area contributed by atoms with Gasteiger partial charge in [0.25, 0.3) is 0 Å². The zero-order chi connectivity index (χ0) is 27.0. The minimum atomic E-state index is -0.680. The number of phenols is 1. The van der Waals surface area contributed by atoms with Crippen LogP contribution in [0.25, 0.3) is 10.8 Å². The van der Waals surface area contributed by atoms with E-state index in [1.165, 1.54) is 22.3 Å². The lowest BCUT2D eigenvalue weighted by molar-refractivity contribution is -0.140. The van der Waals surface area contributed by atoms with Crippen LogP contribution in [0.15, 0.2) is 88.4 Å². The molecule has 4 atom stereocenters. The SMILES string of the molecule is CC1=CC(=O)C2=C(C1=O)C(c1c(O)ccc3ccccc13)C1=CCC3C(=O)N(Cc4cccs4)C(=O)C3C1C2. The molecule has 2 heterocycles. The average molecular weight is 536 g/mol. The summed E-state index contributed by atoms with van der Waals surface area (Å²) in [5.41, 5.74) is 2.56. The van der Waals surface area contributed by atoms with Crippen LogP contribution < -0.4 is 0 Å². The van der Waals surface area contributed by atoms with Crippen molar-refractivity contribution in [1.82, 2.24) is 4.90 Å². The molecule has 2 aromatic carbocycles. The number of nitrogens with zero attached hydrogens (tertiary/aromatic N) is 1. The largest absolute Gasteiger partial charge is 0.508 e. The van der Waals surface area contributed by atoms with Gasteiger partial charge in [-0.15, -0.1) is 11.3 Å². The standard InChI is InChI=1S/C32H25NO5S/c1-16-13-25(35)23-14-22-20(9-10-21-26(22)32(38)33(31(21)37)15-18-6-4-12-39-18)28(29(23)30(16)36)27-19-7-3-2-5-17(19)8-11-24(27)34/h2-9,11-13,21-22,26,28,34H,10,14-15H2,1H3. The Kier molecular flexibility index (Phi) is 5.36. The number of ketones is 2. The summed E-state index contributed by atoms with van der Waals surface area (Å²) in [5.74, 6) is -3.02. The molecule has 3 aromatic rings. The summed E-state index contributed by atoms with van der Waals surface area (Å²) in [7, 11) is 0. The van der Waals surface area contributed by atoms with Crippen molar-refractivity contribution in [3.8, 4) is 5.75 Å². The number of rotatable bonds is 3. The number of aromatic hydroxyl groups is 1. The van der Waals surface area contributed by atoms with Gasteiger partial charge in [-0.05, 0) is 60.0 Å². The van der Waals surface area contributed by atoms with Gasteiger partial charge in [0, 0.05) is 33.1 Å². The molecule has 7 rings (SSSR count). The van der Waals surface area contributed by atoms with E-state index >= 15 is 0 Å². The smallest absolute Gasteiger partial charge is 0.234 e. The molecule has 1 saturated heterocycles. The average Bonchev–Trinajstić information content (AvgIpc) is 3.53. The highest BCUT2D eigenvalue weighted by Crippen LogP contribution is 2.57. The van der Waals surface area contributed by atoms with E-state index < -0.39 is 23.7 Å². The van der Waals surface area contributed by atoms with Crippen LogP contribution >= 0.6 is 11.3 Å². The van der Waals surface area contributed by atoms with E-state index in [-0.39, 0.29) is 42.1 Å². The Hall–Kier alpha value is -4.10. The molecule has 1 aliphatic heterocycles. The quantitative estimate of drug-likeness (QED) is 0.282. The fraction of sp³-hybridized carbons (Fsp3) is 0.250. The van der Waals surface area contributed by atoms with Gasteiger partial charge < -0.3 is 5.11 Å². The van der Waals surface area contributed by atoms with Gasteiger partial charge in [0.2, 0.25) is 11.8 Å². The summed E-state index contributed by atoms with van der Waals surface area (Å²) in [6, 6.07) is 14.9. The molecule has 1 aromatic heterocycles. The van der Waals surface area contributed by atoms with Crippen molar-refractivity contribution in [2.75, 3.05) is 0 Å². The molecule has 0 radical (unpaired) electrons. The number of fused-ring (bicyclic) bond motifs is 4. The monoisotopic (exact) mass is 535 g/mol. The maximum Gasteiger partial charge on any atom is 0.234 e. The maximum absolute atomic E-state index is 13.9. The lowest BCUT2D eigenvalue weighted by Crippen LogP contribution is -2.39. The van der Waals surface area contributed by atoms with E-state index in [1.54, 1.807) is 13.0 Å². The number of amides is 2. The van der Waals surface area contributed by atoms with E-state index in [9.17, 15) is 24.3 Å². The molecule has 1 N–H and O–H groups in total. The molecule has 6 nitrogen and oxygen atoms in total. The highest BCUT2D eigenvalue weighted by atomic mass is 32.1. The Balaban J connectivity index is 1.41. The van der Waals surface area contributed by atoms with Crippen LogP contribution in [0.5, 0.6) is 5.75 Å². The zero-order valence-corrected chi connectivity index (χ0v) is 22.0. The summed E-state index contributed by atoms with van der Waals surface area (Å²) in [5, 5.41) is 14.9. The third kappa shape index (κ3) is 3.46. The van der Waals surface area contributed by atoms with E-state index in [0.29, 0.717) is 28.7 Å². The van der Waals surface area contributed by atoms with Crippen molar-refractivity contribution in [1.29, 1.82) is 0 Å². The lowest BCUT2D eigenvalue weighted by atomic mass is 9.59. The Labute approximate surface area is 228 Å². The predicted molar refractivity (Wildman–Crippen MR) is 147 cm³/mol. The number of thiophene rings is 1. The van der Waals surface area contributed by atoms with Crippen molar-refractivity contribution in [3.05, 3.63) is 98.8 Å². The number of carbonyl (C=O) groups excluding carboxylic acids is 4. The molecule has 1 fully saturated rings. The molecule has 4 unspecified atom stereocenters. The normalized spacial score (nSPS) is 26.4. The summed E-state index contributed by atoms with van der Waals surface area (Å²) in [6.45, 7) is 1.88. The number of Topliss-reactive ketones (excluding diaryl/α,β-unsaturated/α-hetero) is 1. The van der Waals surface area contributed by atoms with Crippen molar-refractivity contribution < 1.29 is 24.3 Å². The number of allylic oxidation sites excluding steroid dienone is 6. The van der Waals surface area contributed by atoms with Gasteiger partial charge in [-0.1, -0.05) is 48.0 Å². The number of imide groups is 1. The highest BCUT2D eigenvalue weighted by molar-refractivity contribution is 7.09. The van der Waals surface area contributed by atoms with E-state index in [1.807, 2.05) is 53.9 Å². The van der Waals surface area contributed by atoms with Crippen LogP contribution in [0.2, 0.25) is 0 Å². The molecule has 7 heteroatoms. The molecule has 0 spiro atoms. The molecule has 0 bridgehead atoms. The molecule has 39 heavy (non-hydrogen) atoms. The van der Waals surface area contributed by atoms with E-state index in [0.717, 1.165) is 21.2 Å². The third-order valence-electron chi connectivity index (χ3n) is 8.79. The van der Waals surface area contributed by atoms with Crippen molar-refractivity contribution >= 4 is 45.5 Å². The second-order valence-corrected chi connectivity index (χ2v) is 11.8. The summed E-state index contributed by atoms with van der Waals surface area (Å²) in [6.07, 6.45) is 3.97. The molecule has 194 valence electrons. The Morgan fingerprint density at radius 3 is 2.59 bits per heavy atom. The fourth-order valence-corrected chi connectivity index (χ4v) is 7.75. The van der Waals surface area contributed by atoms with Gasteiger partial charge in [-0.25, -0.2) is 0 Å². The number of hydrogen-bond acceptors (Lipinski definition) is 6. The summed E-state index contributed by atoms with van der Waals surface area (Å²) < 4.78 is 0. The summed E-state index contributed by atoms with van der Waals surface area (Å²) in [4.78, 5) is 56.7. The van der Waals surface area contributed by atoms with Gasteiger partial charge in [-0.3, -0.25) is 24.1 Å². The maximum atomic E-state index is 13.9. The molecule has 2 amide bonds. The second-order valence-electron chi connectivity index (χ2n) is 10.8. The molecular formula is C32H25NO5S. The number of carbonyl (C=O) groups is 4. The molecule has 3 aliphatic carbocycles. The van der Waals surface area contributed by atoms with Gasteiger partial charge in [0.15, 0.2) is 11.6 Å². The van der Waals surface area contributed by atoms with Crippen LogP contribution in [0.4, 0.5) is 0 Å². The van der Waals surface area contributed by atoms with Gasteiger partial charge in [0.1, 0.15) is 5.75 Å². The van der Waals surface area contributed by atoms with Gasteiger partial charge >= 0.3 is 0 Å². The number of likely N-dealkylation sites (tertiary alicyclic amines) is 1. The molecular weight excluding hydrogens is 510 g/mol. The highest BCUT2D eigenvalue weighted by Gasteiger charge is 2.56. The van der Waals surface area contributed by atoms with Crippen LogP contribution in [0.3, 0.4) is 0 Å². The van der Waals surface area contributed by atoms with E-state index in [4.69, 9.17) is 0 Å². The van der Waals surface area contributed by atoms with Crippen LogP contribution in [0.1, 0.15) is 36.1 Å². The molecule has 0 saturated carbocycles. The van der Waals surface area contributed by atoms with Crippen molar-refractivity contribution in [3.63, 3.8) is 0 Å². The number of benzene rings is 2. The zero-order valence-electron chi connectivity index (χ0n) is 21.2. The Morgan fingerprint density at radius 1 is 0.974 bits per heavy atom. The Bertz CT molecular complexity index is 1710. The van der Waals surface area contributed by atoms with Crippen molar-refractivity contribution in [2.24, 2.45) is 17.8 Å². The fourth-order valence-electron chi connectivity index (χ4n) is 7.06. The summed E-state index contributed by atoms with van der Waals surface area (Å²) >= 11 is 1.50. The topological polar surface area (TPSA) is 91.8 Å². The lowest BCUT2D eigenvalue weighted by Gasteiger charge is -2.42. The van der Waals surface area contributed by atoms with Gasteiger partial charge in [-0.2, -0.15) is 0 Å². The van der Waals surface area contributed by atoms with Crippen LogP contribution in [-0.4, -0.2) is 33.4 Å². The Morgan fingerprint density at radius 2 is 1.79 bits per heavy atom. The first kappa shape index (κ1) is 24.0. The van der Waals surface area contributed by atoms with Crippen LogP contribution in [-0.2, 0) is 25.7 Å². The minimum Gasteiger partial charge on any atom is -0.508 e. The predicted octanol–water partition coefficient (Wildman–Crippen LogP) is 5.24. The third-order valence-corrected chi connectivity index (χ3v) is 9.65. The van der Waals surface area contributed by atoms with Gasteiger partial charge in [0.05, 0.1) is 18.4 Å². The first-order valence-corrected chi connectivity index (χ1v) is 14.0. The van der Waals surface area contributed by atoms with Crippen molar-refractivity contribution in [2.45, 2.75) is 32.2 Å². The number of hydrogen-bond donors (Lipinski definition) is 1. The first-order chi connectivity index (χ1) is 18.8. The minimum absolute atomic E-state index is 0.0369. The van der Waals surface area contributed by atoms with E-state index in [2.05, 4.69) is 0 Å². The second kappa shape index (κ2) is 8.71. The molecule has 4 aliphatic rings.